The quantitative estimate of drug-likeness (QED) is 0.380. The van der Waals surface area contributed by atoms with Crippen LogP contribution in [0.15, 0.2) is 16.5 Å². The molecule has 3 nitrogen and oxygen atoms in total. The van der Waals surface area contributed by atoms with Crippen molar-refractivity contribution in [3.8, 4) is 0 Å². The SMILES string of the molecule is CCOOCc1ccc(C)o1. The van der Waals surface area contributed by atoms with Crippen molar-refractivity contribution in [3.63, 3.8) is 0 Å². The van der Waals surface area contributed by atoms with Gasteiger partial charge in [0.2, 0.25) is 0 Å². The van der Waals surface area contributed by atoms with Crippen molar-refractivity contribution in [2.24, 2.45) is 0 Å². The van der Waals surface area contributed by atoms with Gasteiger partial charge in [-0.15, -0.1) is 0 Å². The summed E-state index contributed by atoms with van der Waals surface area (Å²) in [6, 6.07) is 3.76. The molecule has 0 aromatic carbocycles. The zero-order chi connectivity index (χ0) is 8.10. The molecule has 62 valence electrons. The summed E-state index contributed by atoms with van der Waals surface area (Å²) in [7, 11) is 0. The van der Waals surface area contributed by atoms with Crippen LogP contribution in [0.5, 0.6) is 0 Å². The van der Waals surface area contributed by atoms with Crippen LogP contribution in [0.1, 0.15) is 18.4 Å². The topological polar surface area (TPSA) is 31.6 Å². The van der Waals surface area contributed by atoms with Gasteiger partial charge >= 0.3 is 0 Å². The highest BCUT2D eigenvalue weighted by molar-refractivity contribution is 5.04. The van der Waals surface area contributed by atoms with E-state index in [-0.39, 0.29) is 0 Å². The Bertz CT molecular complexity index is 205. The van der Waals surface area contributed by atoms with Gasteiger partial charge < -0.3 is 4.42 Å². The number of aryl methyl sites for hydroxylation is 1. The lowest BCUT2D eigenvalue weighted by Crippen LogP contribution is -1.92. The minimum atomic E-state index is 0.377. The molecule has 0 amide bonds. The molecule has 0 aliphatic heterocycles. The Morgan fingerprint density at radius 3 is 2.73 bits per heavy atom. The van der Waals surface area contributed by atoms with Gasteiger partial charge in [0.25, 0.3) is 0 Å². The summed E-state index contributed by atoms with van der Waals surface area (Å²) in [5.74, 6) is 1.68. The van der Waals surface area contributed by atoms with Gasteiger partial charge in [-0.25, -0.2) is 9.78 Å². The van der Waals surface area contributed by atoms with Crippen molar-refractivity contribution < 1.29 is 14.2 Å². The molecule has 1 aromatic rings. The van der Waals surface area contributed by atoms with Crippen molar-refractivity contribution in [2.45, 2.75) is 20.5 Å². The van der Waals surface area contributed by atoms with Crippen LogP contribution in [0.25, 0.3) is 0 Å². The second-order valence-electron chi connectivity index (χ2n) is 2.18. The zero-order valence-corrected chi connectivity index (χ0v) is 6.79. The molecule has 0 bridgehead atoms. The lowest BCUT2D eigenvalue weighted by molar-refractivity contribution is -0.303. The lowest BCUT2D eigenvalue weighted by atomic mass is 10.4. The molecule has 3 heteroatoms. The Balaban J connectivity index is 2.27. The first-order valence-corrected chi connectivity index (χ1v) is 3.62. The molecule has 1 heterocycles. The van der Waals surface area contributed by atoms with E-state index in [0.29, 0.717) is 13.2 Å². The number of rotatable bonds is 4. The van der Waals surface area contributed by atoms with Crippen molar-refractivity contribution in [3.05, 3.63) is 23.7 Å². The van der Waals surface area contributed by atoms with Crippen molar-refractivity contribution in [1.82, 2.24) is 0 Å². The molecule has 1 rings (SSSR count). The molecule has 0 aliphatic carbocycles. The van der Waals surface area contributed by atoms with E-state index in [4.69, 9.17) is 9.30 Å². The first-order valence-electron chi connectivity index (χ1n) is 3.62. The molecule has 0 aliphatic rings. The van der Waals surface area contributed by atoms with Crippen molar-refractivity contribution in [1.29, 1.82) is 0 Å². The second kappa shape index (κ2) is 4.16. The summed E-state index contributed by atoms with van der Waals surface area (Å²) < 4.78 is 5.23. The van der Waals surface area contributed by atoms with Crippen molar-refractivity contribution in [2.75, 3.05) is 6.61 Å². The fraction of sp³-hybridized carbons (Fsp3) is 0.500. The van der Waals surface area contributed by atoms with E-state index in [1.54, 1.807) is 0 Å². The third-order valence-electron chi connectivity index (χ3n) is 1.20. The highest BCUT2D eigenvalue weighted by atomic mass is 17.2. The van der Waals surface area contributed by atoms with Gasteiger partial charge in [0, 0.05) is 0 Å². The number of hydrogen-bond donors (Lipinski definition) is 0. The average Bonchev–Trinajstić information content (AvgIpc) is 2.37. The number of hydrogen-bond acceptors (Lipinski definition) is 3. The maximum atomic E-state index is 5.23. The molecule has 0 saturated heterocycles. The normalized spacial score (nSPS) is 10.4. The standard InChI is InChI=1S/C8H12O3/c1-3-9-10-6-8-5-4-7(2)11-8/h4-5H,3,6H2,1-2H3. The van der Waals surface area contributed by atoms with Gasteiger partial charge in [-0.05, 0) is 26.0 Å². The highest BCUT2D eigenvalue weighted by Crippen LogP contribution is 2.07. The van der Waals surface area contributed by atoms with Gasteiger partial charge in [0.15, 0.2) is 0 Å². The van der Waals surface area contributed by atoms with E-state index in [2.05, 4.69) is 4.89 Å². The smallest absolute Gasteiger partial charge is 0.140 e. The third-order valence-corrected chi connectivity index (χ3v) is 1.20. The number of furan rings is 1. The van der Waals surface area contributed by atoms with Crippen LogP contribution in [0.4, 0.5) is 0 Å². The van der Waals surface area contributed by atoms with Crippen LogP contribution >= 0.6 is 0 Å². The summed E-state index contributed by atoms with van der Waals surface area (Å²) in [6.07, 6.45) is 0. The Morgan fingerprint density at radius 1 is 1.36 bits per heavy atom. The molecule has 1 aromatic heterocycles. The second-order valence-corrected chi connectivity index (χ2v) is 2.18. The van der Waals surface area contributed by atoms with E-state index in [1.165, 1.54) is 0 Å². The summed E-state index contributed by atoms with van der Waals surface area (Å²) in [5.41, 5.74) is 0. The fourth-order valence-electron chi connectivity index (χ4n) is 0.746. The third kappa shape index (κ3) is 2.74. The summed E-state index contributed by atoms with van der Waals surface area (Å²) in [6.45, 7) is 4.69. The molecular formula is C8H12O3. The monoisotopic (exact) mass is 156 g/mol. The van der Waals surface area contributed by atoms with Gasteiger partial charge in [0.05, 0.1) is 6.61 Å². The van der Waals surface area contributed by atoms with Crippen molar-refractivity contribution >= 4 is 0 Å². The van der Waals surface area contributed by atoms with Gasteiger partial charge in [-0.3, -0.25) is 0 Å². The Hall–Kier alpha value is -0.800. The van der Waals surface area contributed by atoms with Gasteiger partial charge in [0.1, 0.15) is 18.1 Å². The Morgan fingerprint density at radius 2 is 2.18 bits per heavy atom. The van der Waals surface area contributed by atoms with E-state index >= 15 is 0 Å². The minimum Gasteiger partial charge on any atom is -0.464 e. The molecule has 0 fully saturated rings. The van der Waals surface area contributed by atoms with Crippen LogP contribution in [0, 0.1) is 6.92 Å². The lowest BCUT2D eigenvalue weighted by Gasteiger charge is -1.97. The Labute approximate surface area is 65.8 Å². The Kier molecular flexibility index (Phi) is 3.14. The fourth-order valence-corrected chi connectivity index (χ4v) is 0.746. The maximum absolute atomic E-state index is 5.23. The summed E-state index contributed by atoms with van der Waals surface area (Å²) in [4.78, 5) is 9.48. The predicted molar refractivity (Wildman–Crippen MR) is 39.9 cm³/mol. The molecule has 0 unspecified atom stereocenters. The van der Waals surface area contributed by atoms with Gasteiger partial charge in [-0.2, -0.15) is 0 Å². The van der Waals surface area contributed by atoms with Crippen LogP contribution < -0.4 is 0 Å². The maximum Gasteiger partial charge on any atom is 0.140 e. The van der Waals surface area contributed by atoms with E-state index in [9.17, 15) is 0 Å². The summed E-state index contributed by atoms with van der Waals surface area (Å²) >= 11 is 0. The molecule has 0 spiro atoms. The van der Waals surface area contributed by atoms with Crippen LogP contribution in [0.3, 0.4) is 0 Å². The largest absolute Gasteiger partial charge is 0.464 e. The van der Waals surface area contributed by atoms with E-state index < -0.39 is 0 Å². The zero-order valence-electron chi connectivity index (χ0n) is 6.79. The molecule has 0 saturated carbocycles. The molecular weight excluding hydrogens is 144 g/mol. The molecule has 0 N–H and O–H groups in total. The van der Waals surface area contributed by atoms with Crippen LogP contribution in [0.2, 0.25) is 0 Å². The molecule has 11 heavy (non-hydrogen) atoms. The van der Waals surface area contributed by atoms with Crippen LogP contribution in [-0.2, 0) is 16.4 Å². The van der Waals surface area contributed by atoms with E-state index in [0.717, 1.165) is 11.5 Å². The average molecular weight is 156 g/mol. The van der Waals surface area contributed by atoms with Crippen LogP contribution in [-0.4, -0.2) is 6.61 Å². The summed E-state index contributed by atoms with van der Waals surface area (Å²) in [5, 5.41) is 0. The van der Waals surface area contributed by atoms with E-state index in [1.807, 2.05) is 26.0 Å². The minimum absolute atomic E-state index is 0.377. The molecule has 0 atom stereocenters. The predicted octanol–water partition coefficient (Wildman–Crippen LogP) is 2.06. The first kappa shape index (κ1) is 8.30. The molecule has 0 radical (unpaired) electrons. The first-order chi connectivity index (χ1) is 5.33. The van der Waals surface area contributed by atoms with Gasteiger partial charge in [-0.1, -0.05) is 0 Å². The highest BCUT2D eigenvalue weighted by Gasteiger charge is 1.97.